The molecule has 0 aliphatic carbocycles. The van der Waals surface area contributed by atoms with Crippen molar-refractivity contribution in [2.75, 3.05) is 39.1 Å². The van der Waals surface area contributed by atoms with Gasteiger partial charge in [0, 0.05) is 37.0 Å². The van der Waals surface area contributed by atoms with Gasteiger partial charge in [0.2, 0.25) is 0 Å². The van der Waals surface area contributed by atoms with Crippen molar-refractivity contribution in [1.82, 2.24) is 10.2 Å². The molecule has 0 aromatic heterocycles. The Balaban J connectivity index is 3.33. The van der Waals surface area contributed by atoms with Crippen LogP contribution in [0.5, 0.6) is 0 Å². The molecule has 2 amide bonds. The van der Waals surface area contributed by atoms with Crippen LogP contribution in [0.4, 0.5) is 5.69 Å². The minimum atomic E-state index is -1.09. The number of nitrogens with zero attached hydrogens (tertiary/aromatic N) is 1. The zero-order valence-corrected chi connectivity index (χ0v) is 16.1. The molecule has 0 aliphatic heterocycles. The van der Waals surface area contributed by atoms with Gasteiger partial charge in [-0.25, -0.2) is 0 Å². The van der Waals surface area contributed by atoms with Crippen molar-refractivity contribution >= 4 is 17.5 Å². The van der Waals surface area contributed by atoms with Gasteiger partial charge in [-0.15, -0.1) is 0 Å². The molecule has 1 rings (SSSR count). The van der Waals surface area contributed by atoms with Crippen LogP contribution in [0.25, 0.3) is 0 Å². The fraction of sp³-hybridized carbons (Fsp3) is 0.556. The van der Waals surface area contributed by atoms with E-state index in [-0.39, 0.29) is 24.2 Å². The van der Waals surface area contributed by atoms with E-state index in [1.54, 1.807) is 20.8 Å². The molecule has 1 aromatic rings. The number of aliphatic hydroxyl groups excluding tert-OH is 4. The van der Waals surface area contributed by atoms with Gasteiger partial charge < -0.3 is 36.4 Å². The fourth-order valence-electron chi connectivity index (χ4n) is 2.91. The lowest BCUT2D eigenvalue weighted by Crippen LogP contribution is -2.38. The van der Waals surface area contributed by atoms with Gasteiger partial charge in [-0.3, -0.25) is 9.59 Å². The molecule has 1 aromatic carbocycles. The maximum atomic E-state index is 12.9. The van der Waals surface area contributed by atoms with Crippen molar-refractivity contribution < 1.29 is 30.0 Å². The first kappa shape index (κ1) is 22.8. The summed E-state index contributed by atoms with van der Waals surface area (Å²) in [5.41, 5.74) is 8.33. The average Bonchev–Trinajstić information content (AvgIpc) is 2.63. The molecule has 0 saturated heterocycles. The van der Waals surface area contributed by atoms with Crippen LogP contribution in [-0.2, 0) is 0 Å². The SMILES string of the molecule is Cc1c(N)c(C)c(C(=O)N(C)CC(O)CO)c(C)c1C(=O)NCC(O)CO. The van der Waals surface area contributed by atoms with Crippen LogP contribution in [0.2, 0.25) is 0 Å². The van der Waals surface area contributed by atoms with Gasteiger partial charge in [0.15, 0.2) is 0 Å². The molecular formula is C18H29N3O6. The largest absolute Gasteiger partial charge is 0.398 e. The number of benzene rings is 1. The molecule has 2 unspecified atom stereocenters. The van der Waals surface area contributed by atoms with Crippen LogP contribution >= 0.6 is 0 Å². The van der Waals surface area contributed by atoms with E-state index in [9.17, 15) is 19.8 Å². The molecule has 0 fully saturated rings. The molecular weight excluding hydrogens is 354 g/mol. The highest BCUT2D eigenvalue weighted by molar-refractivity contribution is 6.05. The van der Waals surface area contributed by atoms with Crippen LogP contribution in [0.1, 0.15) is 37.4 Å². The third-order valence-corrected chi connectivity index (χ3v) is 4.50. The number of hydrogen-bond acceptors (Lipinski definition) is 7. The van der Waals surface area contributed by atoms with Crippen molar-refractivity contribution in [2.24, 2.45) is 0 Å². The molecule has 7 N–H and O–H groups in total. The Kier molecular flexibility index (Phi) is 8.17. The molecule has 0 spiro atoms. The molecule has 0 heterocycles. The number of anilines is 1. The van der Waals surface area contributed by atoms with Gasteiger partial charge in [0.1, 0.15) is 0 Å². The minimum Gasteiger partial charge on any atom is -0.398 e. The summed E-state index contributed by atoms with van der Waals surface area (Å²) in [6, 6.07) is 0. The van der Waals surface area contributed by atoms with Gasteiger partial charge in [-0.1, -0.05) is 0 Å². The normalized spacial score (nSPS) is 13.2. The second kappa shape index (κ2) is 9.65. The van der Waals surface area contributed by atoms with Gasteiger partial charge in [0.05, 0.1) is 25.4 Å². The number of nitrogen functional groups attached to an aromatic ring is 1. The Morgan fingerprint density at radius 3 is 2.04 bits per heavy atom. The van der Waals surface area contributed by atoms with E-state index in [0.717, 1.165) is 0 Å². The van der Waals surface area contributed by atoms with Crippen molar-refractivity contribution in [2.45, 2.75) is 33.0 Å². The predicted octanol–water partition coefficient (Wildman–Crippen LogP) is -1.30. The molecule has 0 radical (unpaired) electrons. The van der Waals surface area contributed by atoms with Crippen LogP contribution in [0.3, 0.4) is 0 Å². The molecule has 2 atom stereocenters. The number of carbonyl (C=O) groups is 2. The molecule has 0 aliphatic rings. The van der Waals surface area contributed by atoms with E-state index >= 15 is 0 Å². The zero-order chi connectivity index (χ0) is 20.9. The van der Waals surface area contributed by atoms with E-state index < -0.39 is 37.2 Å². The van der Waals surface area contributed by atoms with Crippen molar-refractivity contribution in [1.29, 1.82) is 0 Å². The van der Waals surface area contributed by atoms with Gasteiger partial charge in [-0.2, -0.15) is 0 Å². The third-order valence-electron chi connectivity index (χ3n) is 4.50. The first-order chi connectivity index (χ1) is 12.6. The quantitative estimate of drug-likeness (QED) is 0.305. The average molecular weight is 383 g/mol. The molecule has 0 bridgehead atoms. The molecule has 152 valence electrons. The highest BCUT2D eigenvalue weighted by Gasteiger charge is 2.26. The lowest BCUT2D eigenvalue weighted by Gasteiger charge is -2.24. The molecule has 0 saturated carbocycles. The Labute approximate surface area is 158 Å². The van der Waals surface area contributed by atoms with Gasteiger partial charge >= 0.3 is 0 Å². The first-order valence-corrected chi connectivity index (χ1v) is 8.57. The summed E-state index contributed by atoms with van der Waals surface area (Å²) in [5, 5.41) is 39.3. The van der Waals surface area contributed by atoms with Crippen LogP contribution in [0, 0.1) is 20.8 Å². The second-order valence-corrected chi connectivity index (χ2v) is 6.61. The minimum absolute atomic E-state index is 0.0772. The van der Waals surface area contributed by atoms with E-state index in [2.05, 4.69) is 5.32 Å². The van der Waals surface area contributed by atoms with Crippen LogP contribution in [0.15, 0.2) is 0 Å². The predicted molar refractivity (Wildman–Crippen MR) is 101 cm³/mol. The maximum absolute atomic E-state index is 12.9. The maximum Gasteiger partial charge on any atom is 0.254 e. The summed E-state index contributed by atoms with van der Waals surface area (Å²) in [7, 11) is 1.48. The number of amides is 2. The summed E-state index contributed by atoms with van der Waals surface area (Å²) < 4.78 is 0. The number of likely N-dealkylation sites (N-methyl/N-ethyl adjacent to an activating group) is 1. The monoisotopic (exact) mass is 383 g/mol. The lowest BCUT2D eigenvalue weighted by molar-refractivity contribution is 0.0519. The van der Waals surface area contributed by atoms with Crippen LogP contribution < -0.4 is 11.1 Å². The standard InChI is InChI=1S/C18H29N3O6/c1-9-14(17(26)20-5-12(24)7-22)10(2)16(19)11(3)15(9)18(27)21(4)6-13(25)8-23/h12-13,22-25H,5-8,19H2,1-4H3,(H,20,26). The first-order valence-electron chi connectivity index (χ1n) is 8.57. The third kappa shape index (κ3) is 5.16. The van der Waals surface area contributed by atoms with E-state index in [4.69, 9.17) is 15.9 Å². The molecule has 9 nitrogen and oxygen atoms in total. The summed E-state index contributed by atoms with van der Waals surface area (Å²) >= 11 is 0. The van der Waals surface area contributed by atoms with Crippen molar-refractivity contribution in [3.05, 3.63) is 27.8 Å². The summed E-state index contributed by atoms with van der Waals surface area (Å²) in [5.74, 6) is -0.954. The highest BCUT2D eigenvalue weighted by Crippen LogP contribution is 2.30. The smallest absolute Gasteiger partial charge is 0.254 e. The number of nitrogens with one attached hydrogen (secondary N) is 1. The van der Waals surface area contributed by atoms with E-state index in [1.165, 1.54) is 11.9 Å². The number of aliphatic hydroxyl groups is 4. The van der Waals surface area contributed by atoms with Crippen molar-refractivity contribution in [3.63, 3.8) is 0 Å². The number of rotatable bonds is 8. The number of nitrogens with two attached hydrogens (primary N) is 1. The zero-order valence-electron chi connectivity index (χ0n) is 16.1. The Bertz CT molecular complexity index is 707. The molecule has 27 heavy (non-hydrogen) atoms. The summed E-state index contributed by atoms with van der Waals surface area (Å²) in [4.78, 5) is 26.7. The van der Waals surface area contributed by atoms with Crippen molar-refractivity contribution in [3.8, 4) is 0 Å². The fourth-order valence-corrected chi connectivity index (χ4v) is 2.91. The summed E-state index contributed by atoms with van der Waals surface area (Å²) in [6.07, 6.45) is -2.17. The molecule has 9 heteroatoms. The Hall–Kier alpha value is -2.20. The summed E-state index contributed by atoms with van der Waals surface area (Å²) in [6.45, 7) is 3.78. The van der Waals surface area contributed by atoms with Gasteiger partial charge in [0.25, 0.3) is 11.8 Å². The van der Waals surface area contributed by atoms with E-state index in [1.807, 2.05) is 0 Å². The number of carbonyl (C=O) groups excluding carboxylic acids is 2. The highest BCUT2D eigenvalue weighted by atomic mass is 16.3. The van der Waals surface area contributed by atoms with Crippen LogP contribution in [-0.4, -0.2) is 82.7 Å². The lowest BCUT2D eigenvalue weighted by atomic mass is 9.90. The Morgan fingerprint density at radius 2 is 1.52 bits per heavy atom. The topological polar surface area (TPSA) is 156 Å². The Morgan fingerprint density at radius 1 is 1.00 bits per heavy atom. The number of hydrogen-bond donors (Lipinski definition) is 6. The van der Waals surface area contributed by atoms with Gasteiger partial charge in [-0.05, 0) is 37.5 Å². The second-order valence-electron chi connectivity index (χ2n) is 6.61. The van der Waals surface area contributed by atoms with E-state index in [0.29, 0.717) is 22.4 Å².